The first-order valence-corrected chi connectivity index (χ1v) is 5.66. The van der Waals surface area contributed by atoms with Crippen molar-refractivity contribution in [2.75, 3.05) is 7.11 Å². The number of hydrogen-bond acceptors (Lipinski definition) is 6. The molecule has 2 rings (SSSR count). The van der Waals surface area contributed by atoms with Crippen LogP contribution in [-0.4, -0.2) is 16.7 Å². The van der Waals surface area contributed by atoms with Crippen LogP contribution in [0.5, 0.6) is 5.75 Å². The largest absolute Gasteiger partial charge is 0.494 e. The number of benzene rings is 1. The molecule has 1 aromatic carbocycles. The lowest BCUT2D eigenvalue weighted by atomic mass is 10.0. The number of hydrogen-bond donors (Lipinski definition) is 2. The molecule has 90 valence electrons. The third kappa shape index (κ3) is 2.41. The SMILES string of the molecule is COc1ccc(C(NN)c2csnn2)cc1F. The first kappa shape index (κ1) is 11.9. The number of nitrogens with two attached hydrogens (primary N) is 1. The maximum atomic E-state index is 13.6. The van der Waals surface area contributed by atoms with Crippen LogP contribution in [0.15, 0.2) is 23.6 Å². The Morgan fingerprint density at radius 2 is 2.35 bits per heavy atom. The second kappa shape index (κ2) is 5.17. The van der Waals surface area contributed by atoms with Gasteiger partial charge in [-0.3, -0.25) is 5.84 Å². The highest BCUT2D eigenvalue weighted by Crippen LogP contribution is 2.25. The van der Waals surface area contributed by atoms with Crippen molar-refractivity contribution in [1.29, 1.82) is 0 Å². The van der Waals surface area contributed by atoms with Crippen molar-refractivity contribution in [2.45, 2.75) is 6.04 Å². The molecule has 0 amide bonds. The van der Waals surface area contributed by atoms with E-state index in [1.165, 1.54) is 24.7 Å². The van der Waals surface area contributed by atoms with Gasteiger partial charge in [0.05, 0.1) is 18.8 Å². The number of rotatable bonds is 4. The highest BCUT2D eigenvalue weighted by Gasteiger charge is 2.16. The zero-order valence-corrected chi connectivity index (χ0v) is 9.87. The van der Waals surface area contributed by atoms with E-state index in [-0.39, 0.29) is 11.8 Å². The summed E-state index contributed by atoms with van der Waals surface area (Å²) < 4.78 is 22.2. The fourth-order valence-electron chi connectivity index (χ4n) is 1.51. The van der Waals surface area contributed by atoms with Crippen LogP contribution in [0, 0.1) is 5.82 Å². The summed E-state index contributed by atoms with van der Waals surface area (Å²) in [6, 6.07) is 4.26. The fourth-order valence-corrected chi connectivity index (χ4v) is 1.99. The Balaban J connectivity index is 2.35. The summed E-state index contributed by atoms with van der Waals surface area (Å²) >= 11 is 1.21. The molecule has 17 heavy (non-hydrogen) atoms. The van der Waals surface area contributed by atoms with Crippen LogP contribution in [0.2, 0.25) is 0 Å². The van der Waals surface area contributed by atoms with Gasteiger partial charge < -0.3 is 4.74 Å². The summed E-state index contributed by atoms with van der Waals surface area (Å²) in [5, 5.41) is 5.66. The van der Waals surface area contributed by atoms with Crippen LogP contribution in [0.4, 0.5) is 4.39 Å². The molecule has 0 aliphatic rings. The molecule has 1 unspecified atom stereocenters. The number of nitrogens with zero attached hydrogens (tertiary/aromatic N) is 2. The summed E-state index contributed by atoms with van der Waals surface area (Å²) in [6.45, 7) is 0. The Morgan fingerprint density at radius 1 is 1.53 bits per heavy atom. The van der Waals surface area contributed by atoms with Gasteiger partial charge in [0, 0.05) is 5.38 Å². The van der Waals surface area contributed by atoms with Gasteiger partial charge >= 0.3 is 0 Å². The summed E-state index contributed by atoms with van der Waals surface area (Å²) in [6.07, 6.45) is 0. The molecule has 0 saturated carbocycles. The van der Waals surface area contributed by atoms with Crippen LogP contribution in [0.3, 0.4) is 0 Å². The molecule has 0 spiro atoms. The van der Waals surface area contributed by atoms with Crippen molar-refractivity contribution in [3.63, 3.8) is 0 Å². The Bertz CT molecular complexity index is 491. The smallest absolute Gasteiger partial charge is 0.165 e. The van der Waals surface area contributed by atoms with Crippen molar-refractivity contribution >= 4 is 11.5 Å². The number of hydrazine groups is 1. The zero-order chi connectivity index (χ0) is 12.3. The molecule has 0 aliphatic heterocycles. The molecule has 0 bridgehead atoms. The standard InChI is InChI=1S/C10H11FN4OS/c1-16-9-3-2-6(4-7(9)11)10(13-12)8-5-17-15-14-8/h2-5,10,13H,12H2,1H3. The predicted molar refractivity (Wildman–Crippen MR) is 62.0 cm³/mol. The van der Waals surface area contributed by atoms with E-state index >= 15 is 0 Å². The molecule has 5 nitrogen and oxygen atoms in total. The molecule has 0 fully saturated rings. The summed E-state index contributed by atoms with van der Waals surface area (Å²) in [7, 11) is 1.42. The highest BCUT2D eigenvalue weighted by atomic mass is 32.1. The first-order chi connectivity index (χ1) is 8.26. The van der Waals surface area contributed by atoms with Gasteiger partial charge in [-0.1, -0.05) is 10.6 Å². The van der Waals surface area contributed by atoms with Crippen molar-refractivity contribution < 1.29 is 9.13 Å². The van der Waals surface area contributed by atoms with E-state index in [9.17, 15) is 4.39 Å². The van der Waals surface area contributed by atoms with E-state index in [0.717, 1.165) is 0 Å². The molecule has 0 saturated heterocycles. The van der Waals surface area contributed by atoms with Gasteiger partial charge in [-0.15, -0.1) is 5.10 Å². The van der Waals surface area contributed by atoms with Gasteiger partial charge in [0.2, 0.25) is 0 Å². The Morgan fingerprint density at radius 3 is 2.88 bits per heavy atom. The average Bonchev–Trinajstić information content (AvgIpc) is 2.84. The van der Waals surface area contributed by atoms with Gasteiger partial charge in [-0.2, -0.15) is 0 Å². The van der Waals surface area contributed by atoms with Crippen LogP contribution < -0.4 is 16.0 Å². The molecule has 2 aromatic rings. The van der Waals surface area contributed by atoms with Crippen molar-refractivity contribution in [1.82, 2.24) is 15.0 Å². The molecule has 3 N–H and O–H groups in total. The highest BCUT2D eigenvalue weighted by molar-refractivity contribution is 7.03. The number of methoxy groups -OCH3 is 1. The maximum absolute atomic E-state index is 13.6. The lowest BCUT2D eigenvalue weighted by Crippen LogP contribution is -2.29. The van der Waals surface area contributed by atoms with Crippen molar-refractivity contribution in [3.05, 3.63) is 40.7 Å². The van der Waals surface area contributed by atoms with E-state index in [0.29, 0.717) is 11.3 Å². The van der Waals surface area contributed by atoms with E-state index in [4.69, 9.17) is 10.6 Å². The monoisotopic (exact) mass is 254 g/mol. The van der Waals surface area contributed by atoms with Gasteiger partial charge in [0.25, 0.3) is 0 Å². The minimum Gasteiger partial charge on any atom is -0.494 e. The summed E-state index contributed by atoms with van der Waals surface area (Å²) in [4.78, 5) is 0. The van der Waals surface area contributed by atoms with Gasteiger partial charge in [0.15, 0.2) is 11.6 Å². The average molecular weight is 254 g/mol. The normalized spacial score (nSPS) is 12.4. The predicted octanol–water partition coefficient (Wildman–Crippen LogP) is 1.24. The topological polar surface area (TPSA) is 73.1 Å². The minimum absolute atomic E-state index is 0.195. The third-order valence-corrected chi connectivity index (χ3v) is 2.87. The Kier molecular flexibility index (Phi) is 3.62. The van der Waals surface area contributed by atoms with Crippen LogP contribution in [0.1, 0.15) is 17.3 Å². The molecular weight excluding hydrogens is 243 g/mol. The number of halogens is 1. The van der Waals surface area contributed by atoms with E-state index in [2.05, 4.69) is 15.0 Å². The van der Waals surface area contributed by atoms with E-state index in [1.54, 1.807) is 17.5 Å². The number of nitrogens with one attached hydrogen (secondary N) is 1. The maximum Gasteiger partial charge on any atom is 0.165 e. The molecule has 0 radical (unpaired) electrons. The van der Waals surface area contributed by atoms with Crippen LogP contribution in [-0.2, 0) is 0 Å². The first-order valence-electron chi connectivity index (χ1n) is 4.82. The molecule has 1 heterocycles. The van der Waals surface area contributed by atoms with Gasteiger partial charge in [-0.05, 0) is 29.2 Å². The number of aromatic nitrogens is 2. The second-order valence-corrected chi connectivity index (χ2v) is 3.93. The molecule has 7 heteroatoms. The molecule has 1 aromatic heterocycles. The second-order valence-electron chi connectivity index (χ2n) is 3.32. The molecule has 0 aliphatic carbocycles. The van der Waals surface area contributed by atoms with Gasteiger partial charge in [0.1, 0.15) is 0 Å². The quantitative estimate of drug-likeness (QED) is 0.634. The molecular formula is C10H11FN4OS. The fraction of sp³-hybridized carbons (Fsp3) is 0.200. The van der Waals surface area contributed by atoms with Crippen molar-refractivity contribution in [2.24, 2.45) is 5.84 Å². The van der Waals surface area contributed by atoms with Crippen LogP contribution in [0.25, 0.3) is 0 Å². The number of ether oxygens (including phenoxy) is 1. The Hall–Kier alpha value is -1.57. The van der Waals surface area contributed by atoms with Crippen molar-refractivity contribution in [3.8, 4) is 5.75 Å². The molecule has 1 atom stereocenters. The lowest BCUT2D eigenvalue weighted by Gasteiger charge is -2.14. The lowest BCUT2D eigenvalue weighted by molar-refractivity contribution is 0.385. The summed E-state index contributed by atoms with van der Waals surface area (Å²) in [5.74, 6) is 5.21. The third-order valence-electron chi connectivity index (χ3n) is 2.35. The zero-order valence-electron chi connectivity index (χ0n) is 9.05. The van der Waals surface area contributed by atoms with Gasteiger partial charge in [-0.25, -0.2) is 9.82 Å². The summed E-state index contributed by atoms with van der Waals surface area (Å²) in [5.41, 5.74) is 3.90. The van der Waals surface area contributed by atoms with E-state index in [1.807, 2.05) is 0 Å². The van der Waals surface area contributed by atoms with Crippen LogP contribution >= 0.6 is 11.5 Å². The van der Waals surface area contributed by atoms with E-state index < -0.39 is 5.82 Å². The minimum atomic E-state index is -0.437. The Labute approximate surface area is 102 Å².